The zero-order valence-electron chi connectivity index (χ0n) is 13.7. The van der Waals surface area contributed by atoms with Gasteiger partial charge in [0.15, 0.2) is 0 Å². The fourth-order valence-electron chi connectivity index (χ4n) is 2.24. The van der Waals surface area contributed by atoms with Crippen molar-refractivity contribution in [1.29, 1.82) is 0 Å². The Morgan fingerprint density at radius 3 is 2.38 bits per heavy atom. The standard InChI is InChI=1S/C17H20N2O4S/c1-12(14-7-5-4-6-8-14)19-24(21,22)15-9-10-16(18-13(2)20)17(11-15)23-3/h4-12,19H,1-3H3,(H,18,20)/t12-/m1/s1. The number of nitrogens with one attached hydrogen (secondary N) is 2. The molecule has 0 radical (unpaired) electrons. The number of benzene rings is 2. The summed E-state index contributed by atoms with van der Waals surface area (Å²) in [4.78, 5) is 11.2. The summed E-state index contributed by atoms with van der Waals surface area (Å²) >= 11 is 0. The van der Waals surface area contributed by atoms with Crippen LogP contribution in [0.4, 0.5) is 5.69 Å². The second kappa shape index (κ2) is 7.46. The molecule has 0 unspecified atom stereocenters. The summed E-state index contributed by atoms with van der Waals surface area (Å²) in [5.41, 5.74) is 1.28. The summed E-state index contributed by atoms with van der Waals surface area (Å²) in [5, 5.41) is 2.59. The van der Waals surface area contributed by atoms with Crippen molar-refractivity contribution in [2.45, 2.75) is 24.8 Å². The molecule has 0 aromatic heterocycles. The lowest BCUT2D eigenvalue weighted by atomic mass is 10.1. The molecule has 0 fully saturated rings. The molecule has 0 aliphatic heterocycles. The highest BCUT2D eigenvalue weighted by atomic mass is 32.2. The summed E-state index contributed by atoms with van der Waals surface area (Å²) < 4.78 is 32.9. The maximum atomic E-state index is 12.6. The van der Waals surface area contributed by atoms with Crippen molar-refractivity contribution >= 4 is 21.6 Å². The molecule has 1 amide bonds. The van der Waals surface area contributed by atoms with Gasteiger partial charge < -0.3 is 10.1 Å². The Labute approximate surface area is 141 Å². The van der Waals surface area contributed by atoms with Crippen molar-refractivity contribution in [3.63, 3.8) is 0 Å². The highest BCUT2D eigenvalue weighted by Gasteiger charge is 2.20. The largest absolute Gasteiger partial charge is 0.495 e. The van der Waals surface area contributed by atoms with Crippen LogP contribution in [-0.2, 0) is 14.8 Å². The minimum absolute atomic E-state index is 0.0660. The molecule has 128 valence electrons. The van der Waals surface area contributed by atoms with E-state index in [1.807, 2.05) is 30.3 Å². The van der Waals surface area contributed by atoms with Crippen LogP contribution in [0.3, 0.4) is 0 Å². The molecule has 0 heterocycles. The summed E-state index contributed by atoms with van der Waals surface area (Å²) in [6.07, 6.45) is 0. The second-order valence-electron chi connectivity index (χ2n) is 5.30. The third-order valence-corrected chi connectivity index (χ3v) is 4.96. The maximum Gasteiger partial charge on any atom is 0.241 e. The van der Waals surface area contributed by atoms with E-state index in [1.54, 1.807) is 6.92 Å². The van der Waals surface area contributed by atoms with Gasteiger partial charge in [-0.25, -0.2) is 13.1 Å². The smallest absolute Gasteiger partial charge is 0.241 e. The minimum atomic E-state index is -3.73. The zero-order chi connectivity index (χ0) is 17.7. The third kappa shape index (κ3) is 4.33. The van der Waals surface area contributed by atoms with Crippen LogP contribution in [-0.4, -0.2) is 21.4 Å². The van der Waals surface area contributed by atoms with Gasteiger partial charge >= 0.3 is 0 Å². The first kappa shape index (κ1) is 18.0. The normalized spacial score (nSPS) is 12.5. The number of sulfonamides is 1. The average Bonchev–Trinajstić information content (AvgIpc) is 2.55. The molecule has 0 saturated carbocycles. The van der Waals surface area contributed by atoms with Crippen LogP contribution in [0.2, 0.25) is 0 Å². The molecule has 2 aromatic rings. The van der Waals surface area contributed by atoms with Gasteiger partial charge in [-0.15, -0.1) is 0 Å². The van der Waals surface area contributed by atoms with Gasteiger partial charge in [0.2, 0.25) is 15.9 Å². The van der Waals surface area contributed by atoms with E-state index in [4.69, 9.17) is 4.74 Å². The van der Waals surface area contributed by atoms with Gasteiger partial charge in [-0.3, -0.25) is 4.79 Å². The maximum absolute atomic E-state index is 12.6. The molecule has 6 nitrogen and oxygen atoms in total. The molecule has 0 aliphatic rings. The van der Waals surface area contributed by atoms with Gasteiger partial charge in [0.1, 0.15) is 5.75 Å². The summed E-state index contributed by atoms with van der Waals surface area (Å²) in [5.74, 6) is 0.0140. The van der Waals surface area contributed by atoms with Crippen molar-refractivity contribution in [1.82, 2.24) is 4.72 Å². The quantitative estimate of drug-likeness (QED) is 0.840. The number of methoxy groups -OCH3 is 1. The molecule has 0 aliphatic carbocycles. The van der Waals surface area contributed by atoms with Gasteiger partial charge in [0.05, 0.1) is 17.7 Å². The predicted octanol–water partition coefficient (Wildman–Crippen LogP) is 2.69. The van der Waals surface area contributed by atoms with Crippen LogP contribution in [0.5, 0.6) is 5.75 Å². The van der Waals surface area contributed by atoms with E-state index in [-0.39, 0.29) is 22.6 Å². The van der Waals surface area contributed by atoms with Crippen molar-refractivity contribution in [3.8, 4) is 5.75 Å². The van der Waals surface area contributed by atoms with Crippen molar-refractivity contribution in [2.75, 3.05) is 12.4 Å². The molecule has 0 bridgehead atoms. The molecule has 0 saturated heterocycles. The Bertz CT molecular complexity index is 820. The van der Waals surface area contributed by atoms with Crippen LogP contribution >= 0.6 is 0 Å². The second-order valence-corrected chi connectivity index (χ2v) is 7.01. The van der Waals surface area contributed by atoms with Gasteiger partial charge in [0.25, 0.3) is 0 Å². The lowest BCUT2D eigenvalue weighted by Crippen LogP contribution is -2.27. The van der Waals surface area contributed by atoms with Crippen LogP contribution in [0.15, 0.2) is 53.4 Å². The molecule has 2 rings (SSSR count). The molecular formula is C17H20N2O4S. The van der Waals surface area contributed by atoms with E-state index in [1.165, 1.54) is 32.2 Å². The predicted molar refractivity (Wildman–Crippen MR) is 92.5 cm³/mol. The Morgan fingerprint density at radius 1 is 1.12 bits per heavy atom. The lowest BCUT2D eigenvalue weighted by Gasteiger charge is -2.16. The number of amides is 1. The van der Waals surface area contributed by atoms with Crippen molar-refractivity contribution in [2.24, 2.45) is 0 Å². The van der Waals surface area contributed by atoms with E-state index < -0.39 is 10.0 Å². The molecule has 2 N–H and O–H groups in total. The topological polar surface area (TPSA) is 84.5 Å². The average molecular weight is 348 g/mol. The number of ether oxygens (including phenoxy) is 1. The molecule has 2 aromatic carbocycles. The number of carbonyl (C=O) groups is 1. The molecular weight excluding hydrogens is 328 g/mol. The summed E-state index contributed by atoms with van der Waals surface area (Å²) in [7, 11) is -2.31. The van der Waals surface area contributed by atoms with E-state index in [0.717, 1.165) is 5.56 Å². The number of carbonyl (C=O) groups excluding carboxylic acids is 1. The van der Waals surface area contributed by atoms with Crippen LogP contribution in [0.25, 0.3) is 0 Å². The highest BCUT2D eigenvalue weighted by Crippen LogP contribution is 2.28. The van der Waals surface area contributed by atoms with Gasteiger partial charge in [-0.05, 0) is 24.6 Å². The first-order valence-electron chi connectivity index (χ1n) is 7.36. The molecule has 0 spiro atoms. The molecule has 7 heteroatoms. The van der Waals surface area contributed by atoms with Crippen molar-refractivity contribution in [3.05, 3.63) is 54.1 Å². The van der Waals surface area contributed by atoms with Crippen LogP contribution < -0.4 is 14.8 Å². The molecule has 1 atom stereocenters. The van der Waals surface area contributed by atoms with E-state index in [2.05, 4.69) is 10.0 Å². The van der Waals surface area contributed by atoms with Crippen molar-refractivity contribution < 1.29 is 17.9 Å². The van der Waals surface area contributed by atoms with Gasteiger partial charge in [-0.2, -0.15) is 0 Å². The fourth-order valence-corrected chi connectivity index (χ4v) is 3.49. The lowest BCUT2D eigenvalue weighted by molar-refractivity contribution is -0.114. The first-order chi connectivity index (χ1) is 11.3. The SMILES string of the molecule is COc1cc(S(=O)(=O)N[C@H](C)c2ccccc2)ccc1NC(C)=O. The summed E-state index contributed by atoms with van der Waals surface area (Å²) in [6.45, 7) is 3.14. The van der Waals surface area contributed by atoms with Gasteiger partial charge in [-0.1, -0.05) is 30.3 Å². The number of rotatable bonds is 6. The Kier molecular flexibility index (Phi) is 5.58. The Hall–Kier alpha value is -2.38. The van der Waals surface area contributed by atoms with Crippen LogP contribution in [0.1, 0.15) is 25.5 Å². The van der Waals surface area contributed by atoms with E-state index >= 15 is 0 Å². The van der Waals surface area contributed by atoms with E-state index in [0.29, 0.717) is 5.69 Å². The summed E-state index contributed by atoms with van der Waals surface area (Å²) in [6, 6.07) is 13.2. The fraction of sp³-hybridized carbons (Fsp3) is 0.235. The van der Waals surface area contributed by atoms with Gasteiger partial charge in [0, 0.05) is 19.0 Å². The van der Waals surface area contributed by atoms with E-state index in [9.17, 15) is 13.2 Å². The zero-order valence-corrected chi connectivity index (χ0v) is 14.6. The Morgan fingerprint density at radius 2 is 1.79 bits per heavy atom. The van der Waals surface area contributed by atoms with Crippen LogP contribution in [0, 0.1) is 0 Å². The minimum Gasteiger partial charge on any atom is -0.495 e. The Balaban J connectivity index is 2.27. The number of hydrogen-bond acceptors (Lipinski definition) is 4. The first-order valence-corrected chi connectivity index (χ1v) is 8.84. The monoisotopic (exact) mass is 348 g/mol. The highest BCUT2D eigenvalue weighted by molar-refractivity contribution is 7.89. The number of hydrogen-bond donors (Lipinski definition) is 2. The molecule has 24 heavy (non-hydrogen) atoms. The number of anilines is 1. The third-order valence-electron chi connectivity index (χ3n) is 3.43.